The van der Waals surface area contributed by atoms with Crippen molar-refractivity contribution in [1.82, 2.24) is 0 Å². The van der Waals surface area contributed by atoms with Crippen LogP contribution in [-0.4, -0.2) is 12.6 Å². The van der Waals surface area contributed by atoms with Gasteiger partial charge < -0.3 is 4.74 Å². The van der Waals surface area contributed by atoms with Crippen LogP contribution < -0.4 is 0 Å². The average molecular weight is 250 g/mol. The summed E-state index contributed by atoms with van der Waals surface area (Å²) in [6.07, 6.45) is 1.05. The molecule has 102 valence electrons. The lowest BCUT2D eigenvalue weighted by Crippen LogP contribution is -2.06. The SMILES string of the molecule is CC.CCOC(=O)c1ccc(CC(C)C)c(C)c1. The second kappa shape index (κ2) is 8.73. The zero-order chi connectivity index (χ0) is 14.1. The maximum Gasteiger partial charge on any atom is 0.338 e. The van der Waals surface area contributed by atoms with E-state index in [0.717, 1.165) is 6.42 Å². The molecule has 0 saturated heterocycles. The predicted molar refractivity (Wildman–Crippen MR) is 77.0 cm³/mol. The van der Waals surface area contributed by atoms with Crippen LogP contribution in [0.4, 0.5) is 0 Å². The molecule has 0 atom stereocenters. The second-order valence-corrected chi connectivity index (χ2v) is 4.46. The Morgan fingerprint density at radius 1 is 1.28 bits per heavy atom. The van der Waals surface area contributed by atoms with Crippen molar-refractivity contribution in [1.29, 1.82) is 0 Å². The largest absolute Gasteiger partial charge is 0.462 e. The van der Waals surface area contributed by atoms with Crippen LogP contribution in [0.2, 0.25) is 0 Å². The summed E-state index contributed by atoms with van der Waals surface area (Å²) in [5.41, 5.74) is 3.12. The van der Waals surface area contributed by atoms with Crippen LogP contribution in [0, 0.1) is 12.8 Å². The molecule has 18 heavy (non-hydrogen) atoms. The van der Waals surface area contributed by atoms with Crippen molar-refractivity contribution in [3.63, 3.8) is 0 Å². The molecule has 0 radical (unpaired) electrons. The minimum atomic E-state index is -0.235. The van der Waals surface area contributed by atoms with Gasteiger partial charge in [0.25, 0.3) is 0 Å². The van der Waals surface area contributed by atoms with Crippen molar-refractivity contribution in [2.75, 3.05) is 6.61 Å². The number of benzene rings is 1. The molecule has 0 spiro atoms. The fraction of sp³-hybridized carbons (Fsp3) is 0.562. The molecular weight excluding hydrogens is 224 g/mol. The monoisotopic (exact) mass is 250 g/mol. The van der Waals surface area contributed by atoms with Crippen LogP contribution >= 0.6 is 0 Å². The van der Waals surface area contributed by atoms with E-state index in [9.17, 15) is 4.79 Å². The Labute approximate surface area is 111 Å². The van der Waals surface area contributed by atoms with Gasteiger partial charge in [-0.15, -0.1) is 0 Å². The van der Waals surface area contributed by atoms with E-state index >= 15 is 0 Å². The summed E-state index contributed by atoms with van der Waals surface area (Å²) >= 11 is 0. The van der Waals surface area contributed by atoms with Crippen LogP contribution in [0.25, 0.3) is 0 Å². The van der Waals surface area contributed by atoms with Crippen molar-refractivity contribution >= 4 is 5.97 Å². The summed E-state index contributed by atoms with van der Waals surface area (Å²) in [7, 11) is 0. The van der Waals surface area contributed by atoms with E-state index in [-0.39, 0.29) is 5.97 Å². The smallest absolute Gasteiger partial charge is 0.338 e. The molecule has 0 N–H and O–H groups in total. The zero-order valence-corrected chi connectivity index (χ0v) is 12.5. The van der Waals surface area contributed by atoms with Gasteiger partial charge in [0.15, 0.2) is 0 Å². The van der Waals surface area contributed by atoms with Gasteiger partial charge in [0.05, 0.1) is 12.2 Å². The minimum absolute atomic E-state index is 0.235. The molecule has 0 bridgehead atoms. The number of aryl methyl sites for hydroxylation is 1. The number of hydrogen-bond acceptors (Lipinski definition) is 2. The number of hydrogen-bond donors (Lipinski definition) is 0. The third kappa shape index (κ3) is 5.35. The summed E-state index contributed by atoms with van der Waals surface area (Å²) in [6, 6.07) is 5.79. The van der Waals surface area contributed by atoms with Crippen LogP contribution in [-0.2, 0) is 11.2 Å². The van der Waals surface area contributed by atoms with Gasteiger partial charge in [0, 0.05) is 0 Å². The molecule has 1 aromatic rings. The Kier molecular flexibility index (Phi) is 8.10. The van der Waals surface area contributed by atoms with Gasteiger partial charge in [-0.2, -0.15) is 0 Å². The lowest BCUT2D eigenvalue weighted by molar-refractivity contribution is 0.0526. The molecule has 2 nitrogen and oxygen atoms in total. The van der Waals surface area contributed by atoms with Crippen molar-refractivity contribution in [3.8, 4) is 0 Å². The molecule has 0 aliphatic rings. The Hall–Kier alpha value is -1.31. The number of rotatable bonds is 4. The van der Waals surface area contributed by atoms with Crippen molar-refractivity contribution in [2.45, 2.75) is 48.0 Å². The van der Waals surface area contributed by atoms with E-state index in [0.29, 0.717) is 18.1 Å². The Morgan fingerprint density at radius 2 is 1.89 bits per heavy atom. The summed E-state index contributed by atoms with van der Waals surface area (Å²) < 4.78 is 4.96. The highest BCUT2D eigenvalue weighted by Crippen LogP contribution is 2.15. The molecule has 0 heterocycles. The van der Waals surface area contributed by atoms with Gasteiger partial charge in [-0.1, -0.05) is 33.8 Å². The molecule has 1 rings (SSSR count). The van der Waals surface area contributed by atoms with Crippen molar-refractivity contribution in [2.24, 2.45) is 5.92 Å². The lowest BCUT2D eigenvalue weighted by atomic mass is 9.97. The van der Waals surface area contributed by atoms with Crippen LogP contribution in [0.5, 0.6) is 0 Å². The standard InChI is InChI=1S/C14H20O2.C2H6/c1-5-16-14(15)13-7-6-12(8-10(2)3)11(4)9-13;1-2/h6-7,9-10H,5,8H2,1-4H3;1-2H3. The third-order valence-corrected chi connectivity index (χ3v) is 2.48. The predicted octanol–water partition coefficient (Wildman–Crippen LogP) is 4.40. The van der Waals surface area contributed by atoms with Crippen molar-refractivity contribution < 1.29 is 9.53 Å². The summed E-state index contributed by atoms with van der Waals surface area (Å²) in [4.78, 5) is 11.5. The molecular formula is C16H26O2. The van der Waals surface area contributed by atoms with Crippen LogP contribution in [0.1, 0.15) is 56.1 Å². The van der Waals surface area contributed by atoms with E-state index in [1.165, 1.54) is 11.1 Å². The molecule has 0 aliphatic heterocycles. The number of ether oxygens (including phenoxy) is 1. The van der Waals surface area contributed by atoms with Gasteiger partial charge >= 0.3 is 5.97 Å². The number of carbonyl (C=O) groups excluding carboxylic acids is 1. The third-order valence-electron chi connectivity index (χ3n) is 2.48. The highest BCUT2D eigenvalue weighted by atomic mass is 16.5. The summed E-state index contributed by atoms with van der Waals surface area (Å²) in [5, 5.41) is 0. The van der Waals surface area contributed by atoms with Crippen molar-refractivity contribution in [3.05, 3.63) is 34.9 Å². The second-order valence-electron chi connectivity index (χ2n) is 4.46. The van der Waals surface area contributed by atoms with E-state index < -0.39 is 0 Å². The maximum absolute atomic E-state index is 11.5. The molecule has 0 aliphatic carbocycles. The summed E-state index contributed by atoms with van der Waals surface area (Å²) in [6.45, 7) is 12.7. The van der Waals surface area contributed by atoms with Gasteiger partial charge in [-0.05, 0) is 49.4 Å². The van der Waals surface area contributed by atoms with E-state index in [4.69, 9.17) is 4.74 Å². The number of esters is 1. The number of carbonyl (C=O) groups is 1. The lowest BCUT2D eigenvalue weighted by Gasteiger charge is -2.10. The quantitative estimate of drug-likeness (QED) is 0.740. The first-order chi connectivity index (χ1) is 8.54. The van der Waals surface area contributed by atoms with Crippen LogP contribution in [0.3, 0.4) is 0 Å². The normalized spacial score (nSPS) is 9.72. The first-order valence-corrected chi connectivity index (χ1v) is 6.81. The maximum atomic E-state index is 11.5. The van der Waals surface area contributed by atoms with Gasteiger partial charge in [0.2, 0.25) is 0 Å². The van der Waals surface area contributed by atoms with Gasteiger partial charge in [-0.3, -0.25) is 0 Å². The molecule has 0 saturated carbocycles. The Bertz CT molecular complexity index is 367. The highest BCUT2D eigenvalue weighted by molar-refractivity contribution is 5.89. The fourth-order valence-electron chi connectivity index (χ4n) is 1.71. The highest BCUT2D eigenvalue weighted by Gasteiger charge is 2.08. The first-order valence-electron chi connectivity index (χ1n) is 6.81. The van der Waals surface area contributed by atoms with E-state index in [1.54, 1.807) is 0 Å². The molecule has 1 aromatic carbocycles. The minimum Gasteiger partial charge on any atom is -0.462 e. The van der Waals surface area contributed by atoms with E-state index in [1.807, 2.05) is 45.9 Å². The van der Waals surface area contributed by atoms with Crippen LogP contribution in [0.15, 0.2) is 18.2 Å². The first kappa shape index (κ1) is 16.7. The topological polar surface area (TPSA) is 26.3 Å². The average Bonchev–Trinajstić information content (AvgIpc) is 2.34. The fourth-order valence-corrected chi connectivity index (χ4v) is 1.71. The molecule has 0 unspecified atom stereocenters. The Balaban J connectivity index is 0.00000137. The molecule has 0 aromatic heterocycles. The summed E-state index contributed by atoms with van der Waals surface area (Å²) in [5.74, 6) is 0.397. The Morgan fingerprint density at radius 3 is 2.33 bits per heavy atom. The zero-order valence-electron chi connectivity index (χ0n) is 12.5. The van der Waals surface area contributed by atoms with Gasteiger partial charge in [-0.25, -0.2) is 4.79 Å². The molecule has 2 heteroatoms. The van der Waals surface area contributed by atoms with E-state index in [2.05, 4.69) is 13.8 Å². The molecule has 0 fully saturated rings. The van der Waals surface area contributed by atoms with Gasteiger partial charge in [0.1, 0.15) is 0 Å². The molecule has 0 amide bonds.